The molecule has 0 spiro atoms. The number of halogens is 2. The topological polar surface area (TPSA) is 132 Å². The molecule has 3 saturated carbocycles. The standard InChI is InChI=1S/C29H27F2N5O5/c1-35(18-4-2-3-16(7-18)10-32)26(39)28-13-29(14-28,15-28)41-27(40)33-17-11-36(12-17)19-8-21(30)24(22(31)9-19)20-5-6-23(37)34-25(20)38/h2-4,7-9,17,20H,5-6,11-15H2,1H3,(H,33,40)(H,34,37,38). The Morgan fingerprint density at radius 1 is 1.15 bits per heavy atom. The minimum Gasteiger partial charge on any atom is -0.443 e. The summed E-state index contributed by atoms with van der Waals surface area (Å²) in [4.78, 5) is 52.3. The van der Waals surface area contributed by atoms with Gasteiger partial charge in [0, 0.05) is 62.8 Å². The lowest BCUT2D eigenvalue weighted by Gasteiger charge is -2.67. The van der Waals surface area contributed by atoms with Crippen LogP contribution in [0.2, 0.25) is 0 Å². The van der Waals surface area contributed by atoms with Crippen LogP contribution in [0.1, 0.15) is 49.1 Å². The van der Waals surface area contributed by atoms with Gasteiger partial charge >= 0.3 is 6.09 Å². The summed E-state index contributed by atoms with van der Waals surface area (Å²) in [5, 5.41) is 14.0. The number of benzene rings is 2. The van der Waals surface area contributed by atoms with Gasteiger partial charge in [0.05, 0.1) is 29.0 Å². The number of alkyl carbamates (subject to hydrolysis) is 1. The van der Waals surface area contributed by atoms with Crippen molar-refractivity contribution in [2.24, 2.45) is 5.41 Å². The Bertz CT molecular complexity index is 1490. The molecule has 2 heterocycles. The van der Waals surface area contributed by atoms with Crippen molar-refractivity contribution >= 4 is 35.2 Å². The lowest BCUT2D eigenvalue weighted by molar-refractivity contribution is -0.246. The molecule has 10 nitrogen and oxygen atoms in total. The summed E-state index contributed by atoms with van der Waals surface area (Å²) in [5.41, 5.74) is -0.215. The van der Waals surface area contributed by atoms with Crippen LogP contribution in [0.25, 0.3) is 0 Å². The molecule has 2 aromatic rings. The molecule has 2 aromatic carbocycles. The molecule has 5 fully saturated rings. The summed E-state index contributed by atoms with van der Waals surface area (Å²) in [7, 11) is 1.67. The summed E-state index contributed by atoms with van der Waals surface area (Å²) < 4.78 is 35.3. The van der Waals surface area contributed by atoms with Gasteiger partial charge in [0.25, 0.3) is 0 Å². The summed E-state index contributed by atoms with van der Waals surface area (Å²) in [6.45, 7) is 0.626. The number of nitriles is 1. The van der Waals surface area contributed by atoms with E-state index in [9.17, 15) is 28.0 Å². The van der Waals surface area contributed by atoms with E-state index < -0.39 is 46.5 Å². The average Bonchev–Trinajstić information content (AvgIpc) is 2.87. The van der Waals surface area contributed by atoms with Crippen LogP contribution >= 0.6 is 0 Å². The summed E-state index contributed by atoms with van der Waals surface area (Å²) in [6, 6.07) is 10.9. The van der Waals surface area contributed by atoms with Crippen LogP contribution in [-0.4, -0.2) is 55.6 Å². The lowest BCUT2D eigenvalue weighted by atomic mass is 9.40. The van der Waals surface area contributed by atoms with Crippen LogP contribution < -0.4 is 20.4 Å². The fraction of sp³-hybridized carbons (Fsp3) is 0.414. The van der Waals surface area contributed by atoms with Crippen molar-refractivity contribution in [2.45, 2.75) is 49.7 Å². The van der Waals surface area contributed by atoms with E-state index in [4.69, 9.17) is 10.00 Å². The molecule has 2 N–H and O–H groups in total. The Morgan fingerprint density at radius 3 is 2.46 bits per heavy atom. The molecule has 7 rings (SSSR count). The van der Waals surface area contributed by atoms with Crippen molar-refractivity contribution in [2.75, 3.05) is 29.9 Å². The maximum Gasteiger partial charge on any atom is 0.408 e. The number of amides is 4. The molecule has 2 bridgehead atoms. The number of anilines is 2. The zero-order valence-corrected chi connectivity index (χ0v) is 22.2. The number of carbonyl (C=O) groups excluding carboxylic acids is 4. The Labute approximate surface area is 234 Å². The van der Waals surface area contributed by atoms with Crippen molar-refractivity contribution in [3.8, 4) is 6.07 Å². The predicted molar refractivity (Wildman–Crippen MR) is 141 cm³/mol. The largest absolute Gasteiger partial charge is 0.443 e. The van der Waals surface area contributed by atoms with E-state index in [1.54, 1.807) is 36.2 Å². The van der Waals surface area contributed by atoms with Gasteiger partial charge in [0.1, 0.15) is 17.2 Å². The number of hydrogen-bond donors (Lipinski definition) is 2. The summed E-state index contributed by atoms with van der Waals surface area (Å²) >= 11 is 0. The number of nitrogens with zero attached hydrogens (tertiary/aromatic N) is 3. The summed E-state index contributed by atoms with van der Waals surface area (Å²) in [5.74, 6) is -4.04. The monoisotopic (exact) mass is 563 g/mol. The van der Waals surface area contributed by atoms with Crippen LogP contribution in [0, 0.1) is 28.4 Å². The lowest BCUT2D eigenvalue weighted by Crippen LogP contribution is -2.74. The number of hydrogen-bond acceptors (Lipinski definition) is 7. The van der Waals surface area contributed by atoms with Gasteiger partial charge in [-0.3, -0.25) is 19.7 Å². The van der Waals surface area contributed by atoms with Gasteiger partial charge in [-0.25, -0.2) is 13.6 Å². The van der Waals surface area contributed by atoms with Gasteiger partial charge in [0.2, 0.25) is 17.7 Å². The van der Waals surface area contributed by atoms with Gasteiger partial charge in [0.15, 0.2) is 0 Å². The molecule has 0 aromatic heterocycles. The molecule has 1 atom stereocenters. The van der Waals surface area contributed by atoms with Gasteiger partial charge in [-0.05, 0) is 36.8 Å². The maximum atomic E-state index is 14.8. The molecule has 2 aliphatic heterocycles. The van der Waals surface area contributed by atoms with Crippen LogP contribution in [0.15, 0.2) is 36.4 Å². The number of nitrogens with one attached hydrogen (secondary N) is 2. The Kier molecular flexibility index (Phi) is 6.21. The van der Waals surface area contributed by atoms with Crippen LogP contribution in [-0.2, 0) is 19.1 Å². The third-order valence-electron chi connectivity index (χ3n) is 8.63. The highest BCUT2D eigenvalue weighted by molar-refractivity contribution is 6.01. The number of piperidine rings is 1. The smallest absolute Gasteiger partial charge is 0.408 e. The zero-order valence-electron chi connectivity index (χ0n) is 22.2. The minimum atomic E-state index is -1.07. The number of rotatable bonds is 6. The third-order valence-corrected chi connectivity index (χ3v) is 8.63. The van der Waals surface area contributed by atoms with E-state index >= 15 is 0 Å². The first-order valence-electron chi connectivity index (χ1n) is 13.4. The molecule has 2 saturated heterocycles. The van der Waals surface area contributed by atoms with Crippen molar-refractivity contribution in [1.82, 2.24) is 10.6 Å². The van der Waals surface area contributed by atoms with E-state index in [0.717, 1.165) is 12.1 Å². The fourth-order valence-corrected chi connectivity index (χ4v) is 6.52. The van der Waals surface area contributed by atoms with Crippen molar-refractivity contribution < 1.29 is 32.7 Å². The highest BCUT2D eigenvalue weighted by Gasteiger charge is 2.74. The quantitative estimate of drug-likeness (QED) is 0.517. The second-order valence-electron chi connectivity index (χ2n) is 11.5. The normalized spacial score (nSPS) is 26.5. The fourth-order valence-electron chi connectivity index (χ4n) is 6.52. The van der Waals surface area contributed by atoms with Crippen LogP contribution in [0.4, 0.5) is 25.0 Å². The predicted octanol–water partition coefficient (Wildman–Crippen LogP) is 2.86. The number of imide groups is 1. The zero-order chi connectivity index (χ0) is 29.1. The van der Waals surface area contributed by atoms with E-state index in [1.807, 2.05) is 0 Å². The van der Waals surface area contributed by atoms with Crippen molar-refractivity contribution in [1.29, 1.82) is 5.26 Å². The van der Waals surface area contributed by atoms with E-state index in [1.165, 1.54) is 4.90 Å². The van der Waals surface area contributed by atoms with Gasteiger partial charge < -0.3 is 19.9 Å². The minimum absolute atomic E-state index is 0.0139. The summed E-state index contributed by atoms with van der Waals surface area (Å²) in [6.07, 6.45) is 0.756. The Balaban J connectivity index is 0.984. The molecule has 12 heteroatoms. The SMILES string of the molecule is CN(C(=O)C12CC(OC(=O)NC3CN(c4cc(F)c(C5CCC(=O)NC5=O)c(F)c4)C3)(C1)C2)c1cccc(C#N)c1. The first kappa shape index (κ1) is 26.7. The van der Waals surface area contributed by atoms with Crippen molar-refractivity contribution in [3.63, 3.8) is 0 Å². The first-order valence-corrected chi connectivity index (χ1v) is 13.4. The first-order chi connectivity index (χ1) is 19.5. The molecular weight excluding hydrogens is 536 g/mol. The van der Waals surface area contributed by atoms with E-state index in [-0.39, 0.29) is 36.0 Å². The highest BCUT2D eigenvalue weighted by Crippen LogP contribution is 2.69. The molecular formula is C29H27F2N5O5. The van der Waals surface area contributed by atoms with Crippen LogP contribution in [0.3, 0.4) is 0 Å². The Morgan fingerprint density at radius 2 is 1.83 bits per heavy atom. The second-order valence-corrected chi connectivity index (χ2v) is 11.5. The number of ether oxygens (including phenoxy) is 1. The van der Waals surface area contributed by atoms with E-state index in [2.05, 4.69) is 16.7 Å². The third kappa shape index (κ3) is 4.55. The molecule has 41 heavy (non-hydrogen) atoms. The Hall–Kier alpha value is -4.53. The molecule has 5 aliphatic rings. The van der Waals surface area contributed by atoms with Gasteiger partial charge in [-0.2, -0.15) is 5.26 Å². The average molecular weight is 564 g/mol. The molecule has 212 valence electrons. The van der Waals surface area contributed by atoms with E-state index in [0.29, 0.717) is 43.6 Å². The van der Waals surface area contributed by atoms with Gasteiger partial charge in [-0.15, -0.1) is 0 Å². The number of carbonyl (C=O) groups is 4. The molecule has 4 amide bonds. The van der Waals surface area contributed by atoms with Gasteiger partial charge in [-0.1, -0.05) is 6.07 Å². The molecule has 3 aliphatic carbocycles. The van der Waals surface area contributed by atoms with Crippen molar-refractivity contribution in [3.05, 3.63) is 59.2 Å². The molecule has 1 unspecified atom stereocenters. The second kappa shape index (κ2) is 9.54. The highest BCUT2D eigenvalue weighted by atomic mass is 19.1. The maximum absolute atomic E-state index is 14.8. The molecule has 0 radical (unpaired) electrons. The van der Waals surface area contributed by atoms with Crippen LogP contribution in [0.5, 0.6) is 0 Å².